The van der Waals surface area contributed by atoms with Gasteiger partial charge < -0.3 is 20.8 Å². The molecular formula is C22H46N2O4. The zero-order valence-corrected chi connectivity index (χ0v) is 18.4. The molecule has 0 spiro atoms. The third-order valence-electron chi connectivity index (χ3n) is 4.45. The molecule has 1 aliphatic heterocycles. The van der Waals surface area contributed by atoms with Gasteiger partial charge in [-0.3, -0.25) is 9.59 Å². The first-order chi connectivity index (χ1) is 13.5. The topological polar surface area (TPSA) is 98.7 Å². The molecule has 0 radical (unpaired) electrons. The Morgan fingerprint density at radius 2 is 0.857 bits per heavy atom. The average Bonchev–Trinajstić information content (AvgIpc) is 2.69. The molecule has 1 heterocycles. The van der Waals surface area contributed by atoms with Crippen molar-refractivity contribution in [3.8, 4) is 0 Å². The highest BCUT2D eigenvalue weighted by atomic mass is 16.4. The first-order valence-electron chi connectivity index (χ1n) is 11.4. The van der Waals surface area contributed by atoms with Crippen LogP contribution in [0, 0.1) is 0 Å². The zero-order valence-electron chi connectivity index (χ0n) is 18.4. The molecule has 0 bridgehead atoms. The lowest BCUT2D eigenvalue weighted by molar-refractivity contribution is -0.138. The molecule has 0 amide bonds. The second-order valence-corrected chi connectivity index (χ2v) is 7.32. The fourth-order valence-electron chi connectivity index (χ4n) is 2.72. The second kappa shape index (κ2) is 25.9. The Morgan fingerprint density at radius 1 is 0.571 bits per heavy atom. The number of rotatable bonds is 14. The molecule has 1 aliphatic rings. The van der Waals surface area contributed by atoms with Crippen molar-refractivity contribution in [3.63, 3.8) is 0 Å². The van der Waals surface area contributed by atoms with Crippen LogP contribution < -0.4 is 10.6 Å². The molecule has 0 aromatic carbocycles. The summed E-state index contributed by atoms with van der Waals surface area (Å²) in [6.45, 7) is 8.91. The van der Waals surface area contributed by atoms with Crippen LogP contribution in [0.3, 0.4) is 0 Å². The monoisotopic (exact) mass is 402 g/mol. The quantitative estimate of drug-likeness (QED) is 0.311. The van der Waals surface area contributed by atoms with E-state index in [1.54, 1.807) is 0 Å². The Hall–Kier alpha value is -1.14. The lowest BCUT2D eigenvalue weighted by Crippen LogP contribution is -2.39. The summed E-state index contributed by atoms with van der Waals surface area (Å²) >= 11 is 0. The molecule has 0 saturated carbocycles. The molecule has 28 heavy (non-hydrogen) atoms. The van der Waals surface area contributed by atoms with Crippen LogP contribution in [-0.4, -0.2) is 48.3 Å². The van der Waals surface area contributed by atoms with Gasteiger partial charge in [-0.1, -0.05) is 78.1 Å². The van der Waals surface area contributed by atoms with Gasteiger partial charge in [0.1, 0.15) is 0 Å². The number of nitrogens with one attached hydrogen (secondary N) is 2. The smallest absolute Gasteiger partial charge is 0.303 e. The summed E-state index contributed by atoms with van der Waals surface area (Å²) in [5, 5.41) is 23.1. The normalized spacial score (nSPS) is 12.9. The molecule has 1 rings (SSSR count). The van der Waals surface area contributed by atoms with Crippen molar-refractivity contribution < 1.29 is 19.8 Å². The van der Waals surface area contributed by atoms with Crippen LogP contribution in [0.25, 0.3) is 0 Å². The highest BCUT2D eigenvalue weighted by molar-refractivity contribution is 5.66. The molecule has 6 nitrogen and oxygen atoms in total. The average molecular weight is 403 g/mol. The maximum absolute atomic E-state index is 10.1. The highest BCUT2D eigenvalue weighted by Crippen LogP contribution is 2.07. The van der Waals surface area contributed by atoms with Crippen molar-refractivity contribution >= 4 is 11.9 Å². The van der Waals surface area contributed by atoms with Crippen LogP contribution in [0.1, 0.15) is 104 Å². The van der Waals surface area contributed by atoms with Crippen molar-refractivity contribution in [2.24, 2.45) is 0 Å². The third kappa shape index (κ3) is 32.5. The summed E-state index contributed by atoms with van der Waals surface area (Å²) in [6.07, 6.45) is 14.5. The number of hydrogen-bond donors (Lipinski definition) is 4. The van der Waals surface area contributed by atoms with Gasteiger partial charge in [0, 0.05) is 39.0 Å². The van der Waals surface area contributed by atoms with Crippen molar-refractivity contribution in [2.75, 3.05) is 26.2 Å². The molecule has 0 aromatic rings. The molecular weight excluding hydrogens is 356 g/mol. The second-order valence-electron chi connectivity index (χ2n) is 7.32. The Morgan fingerprint density at radius 3 is 1.11 bits per heavy atom. The van der Waals surface area contributed by atoms with Crippen molar-refractivity contribution in [2.45, 2.75) is 104 Å². The van der Waals surface area contributed by atoms with E-state index in [0.29, 0.717) is 12.8 Å². The van der Waals surface area contributed by atoms with E-state index in [4.69, 9.17) is 10.2 Å². The van der Waals surface area contributed by atoms with Crippen LogP contribution >= 0.6 is 0 Å². The summed E-state index contributed by atoms with van der Waals surface area (Å²) in [4.78, 5) is 20.2. The Balaban J connectivity index is 0. The number of carbonyl (C=O) groups is 2. The molecule has 6 heteroatoms. The summed E-state index contributed by atoms with van der Waals surface area (Å²) in [6, 6.07) is 0. The van der Waals surface area contributed by atoms with Gasteiger partial charge in [0.05, 0.1) is 0 Å². The predicted octanol–water partition coefficient (Wildman–Crippen LogP) is 4.82. The van der Waals surface area contributed by atoms with Gasteiger partial charge in [0.15, 0.2) is 0 Å². The summed E-state index contributed by atoms with van der Waals surface area (Å²) in [7, 11) is 0. The zero-order chi connectivity index (χ0) is 21.3. The maximum atomic E-state index is 10.1. The van der Waals surface area contributed by atoms with Crippen molar-refractivity contribution in [1.29, 1.82) is 0 Å². The van der Waals surface area contributed by atoms with Gasteiger partial charge in [-0.15, -0.1) is 0 Å². The summed E-state index contributed by atoms with van der Waals surface area (Å²) in [5.74, 6) is -1.33. The number of piperazine rings is 1. The number of carboxylic acid groups (broad SMARTS) is 2. The fraction of sp³-hybridized carbons (Fsp3) is 0.909. The van der Waals surface area contributed by atoms with E-state index in [1.807, 2.05) is 0 Å². The molecule has 4 N–H and O–H groups in total. The van der Waals surface area contributed by atoms with Gasteiger partial charge in [0.25, 0.3) is 0 Å². The SMILES string of the molecule is C1CNCCN1.CCCCCCCCC(=O)O.CCCCCCCCC(=O)O. The Bertz CT molecular complexity index is 297. The Labute approximate surface area is 172 Å². The van der Waals surface area contributed by atoms with E-state index in [0.717, 1.165) is 51.9 Å². The summed E-state index contributed by atoms with van der Waals surface area (Å²) in [5.41, 5.74) is 0. The predicted molar refractivity (Wildman–Crippen MR) is 117 cm³/mol. The number of hydrogen-bond acceptors (Lipinski definition) is 4. The van der Waals surface area contributed by atoms with Crippen molar-refractivity contribution in [3.05, 3.63) is 0 Å². The van der Waals surface area contributed by atoms with Gasteiger partial charge in [0.2, 0.25) is 0 Å². The van der Waals surface area contributed by atoms with Crippen molar-refractivity contribution in [1.82, 2.24) is 10.6 Å². The van der Waals surface area contributed by atoms with Gasteiger partial charge in [-0.2, -0.15) is 0 Å². The molecule has 0 aromatic heterocycles. The molecule has 0 unspecified atom stereocenters. The van der Waals surface area contributed by atoms with E-state index in [2.05, 4.69) is 24.5 Å². The lowest BCUT2D eigenvalue weighted by atomic mass is 10.1. The van der Waals surface area contributed by atoms with E-state index in [9.17, 15) is 9.59 Å². The third-order valence-corrected chi connectivity index (χ3v) is 4.45. The first-order valence-corrected chi connectivity index (χ1v) is 11.4. The highest BCUT2D eigenvalue weighted by Gasteiger charge is 1.96. The molecule has 1 saturated heterocycles. The van der Waals surface area contributed by atoms with Crippen LogP contribution in [0.5, 0.6) is 0 Å². The van der Waals surface area contributed by atoms with E-state index >= 15 is 0 Å². The standard InChI is InChI=1S/2C9H18O2.C4H10N2/c2*1-2-3-4-5-6-7-8-9(10)11;1-2-6-4-3-5-1/h2*2-8H2,1H3,(H,10,11);5-6H,1-4H2. The minimum Gasteiger partial charge on any atom is -0.481 e. The number of carboxylic acids is 2. The van der Waals surface area contributed by atoms with E-state index < -0.39 is 11.9 Å². The maximum Gasteiger partial charge on any atom is 0.303 e. The van der Waals surface area contributed by atoms with Gasteiger partial charge in [-0.05, 0) is 12.8 Å². The number of unbranched alkanes of at least 4 members (excludes halogenated alkanes) is 10. The Kier molecular flexibility index (Phi) is 26.8. The largest absolute Gasteiger partial charge is 0.481 e. The minimum atomic E-state index is -0.666. The minimum absolute atomic E-state index is 0.339. The summed E-state index contributed by atoms with van der Waals surface area (Å²) < 4.78 is 0. The lowest BCUT2D eigenvalue weighted by Gasteiger charge is -2.11. The number of aliphatic carboxylic acids is 2. The fourth-order valence-corrected chi connectivity index (χ4v) is 2.72. The van der Waals surface area contributed by atoms with Crippen LogP contribution in [0.2, 0.25) is 0 Å². The van der Waals surface area contributed by atoms with Gasteiger partial charge in [-0.25, -0.2) is 0 Å². The van der Waals surface area contributed by atoms with Crippen LogP contribution in [0.15, 0.2) is 0 Å². The molecule has 1 fully saturated rings. The van der Waals surface area contributed by atoms with Crippen LogP contribution in [-0.2, 0) is 9.59 Å². The van der Waals surface area contributed by atoms with Crippen LogP contribution in [0.4, 0.5) is 0 Å². The molecule has 0 atom stereocenters. The first kappa shape index (κ1) is 29.1. The van der Waals surface area contributed by atoms with Gasteiger partial charge >= 0.3 is 11.9 Å². The van der Waals surface area contributed by atoms with E-state index in [-0.39, 0.29) is 0 Å². The molecule has 168 valence electrons. The molecule has 0 aliphatic carbocycles. The van der Waals surface area contributed by atoms with E-state index in [1.165, 1.54) is 51.4 Å².